The van der Waals surface area contributed by atoms with Crippen LogP contribution in [0.4, 0.5) is 0 Å². The summed E-state index contributed by atoms with van der Waals surface area (Å²) < 4.78 is 5.15. The molecule has 0 spiro atoms. The Morgan fingerprint density at radius 1 is 1.20 bits per heavy atom. The van der Waals surface area contributed by atoms with Crippen molar-refractivity contribution in [3.63, 3.8) is 0 Å². The Balaban J connectivity index is 1.86. The summed E-state index contributed by atoms with van der Waals surface area (Å²) in [5, 5.41) is 10.5. The fourth-order valence-electron chi connectivity index (χ4n) is 3.48. The molecule has 0 saturated heterocycles. The second kappa shape index (κ2) is 6.52. The Bertz CT molecular complexity index is 990. The van der Waals surface area contributed by atoms with Crippen LogP contribution in [0.1, 0.15) is 36.1 Å². The number of aromatic nitrogens is 2. The Kier molecular flexibility index (Phi) is 4.21. The van der Waals surface area contributed by atoms with Crippen LogP contribution in [0.3, 0.4) is 0 Å². The highest BCUT2D eigenvalue weighted by atomic mass is 32.1. The second-order valence-electron chi connectivity index (χ2n) is 6.40. The number of H-pyrrole nitrogens is 1. The van der Waals surface area contributed by atoms with Crippen molar-refractivity contribution in [2.24, 2.45) is 0 Å². The van der Waals surface area contributed by atoms with Crippen molar-refractivity contribution in [1.82, 2.24) is 9.97 Å². The van der Waals surface area contributed by atoms with Gasteiger partial charge in [-0.1, -0.05) is 12.8 Å². The molecule has 5 nitrogen and oxygen atoms in total. The lowest BCUT2D eigenvalue weighted by molar-refractivity contribution is 0.373. The molecule has 2 N–H and O–H groups in total. The van der Waals surface area contributed by atoms with Gasteiger partial charge >= 0.3 is 0 Å². The van der Waals surface area contributed by atoms with E-state index in [2.05, 4.69) is 4.98 Å². The van der Waals surface area contributed by atoms with Crippen LogP contribution in [-0.4, -0.2) is 22.2 Å². The molecule has 2 aromatic heterocycles. The summed E-state index contributed by atoms with van der Waals surface area (Å²) in [6.07, 6.45) is 6.81. The van der Waals surface area contributed by atoms with Gasteiger partial charge in [-0.3, -0.25) is 4.79 Å². The normalized spacial score (nSPS) is 14.8. The van der Waals surface area contributed by atoms with Gasteiger partial charge in [-0.25, -0.2) is 4.98 Å². The highest BCUT2D eigenvalue weighted by molar-refractivity contribution is 7.18. The van der Waals surface area contributed by atoms with Crippen LogP contribution in [-0.2, 0) is 12.8 Å². The van der Waals surface area contributed by atoms with Gasteiger partial charge in [-0.05, 0) is 49.4 Å². The molecule has 0 saturated carbocycles. The second-order valence-corrected chi connectivity index (χ2v) is 7.48. The summed E-state index contributed by atoms with van der Waals surface area (Å²) >= 11 is 1.65. The maximum atomic E-state index is 12.8. The number of phenols is 1. The molecule has 0 radical (unpaired) electrons. The zero-order valence-corrected chi connectivity index (χ0v) is 14.9. The molecule has 6 heteroatoms. The molecule has 0 atom stereocenters. The number of nitrogens with zero attached hydrogens (tertiary/aromatic N) is 1. The first-order valence-corrected chi connectivity index (χ1v) is 9.41. The highest BCUT2D eigenvalue weighted by Gasteiger charge is 2.19. The number of fused-ring (bicyclic) bond motifs is 3. The predicted octanol–water partition coefficient (Wildman–Crippen LogP) is 4.02. The summed E-state index contributed by atoms with van der Waals surface area (Å²) in [5.74, 6) is 0.928. The smallest absolute Gasteiger partial charge is 0.260 e. The molecule has 3 aromatic rings. The third kappa shape index (κ3) is 2.91. The van der Waals surface area contributed by atoms with Crippen molar-refractivity contribution in [2.75, 3.05) is 7.11 Å². The van der Waals surface area contributed by atoms with Gasteiger partial charge in [0.15, 0.2) is 11.5 Å². The lowest BCUT2D eigenvalue weighted by atomic mass is 9.98. The van der Waals surface area contributed by atoms with Crippen LogP contribution >= 0.6 is 11.3 Å². The number of aromatic amines is 1. The van der Waals surface area contributed by atoms with Crippen molar-refractivity contribution >= 4 is 21.6 Å². The van der Waals surface area contributed by atoms with Gasteiger partial charge < -0.3 is 14.8 Å². The van der Waals surface area contributed by atoms with Gasteiger partial charge in [0.2, 0.25) is 0 Å². The molecular formula is C19H20N2O3S. The molecule has 0 bridgehead atoms. The molecule has 4 rings (SSSR count). The Morgan fingerprint density at radius 3 is 2.80 bits per heavy atom. The average Bonchev–Trinajstić information content (AvgIpc) is 2.92. The van der Waals surface area contributed by atoms with Crippen LogP contribution in [0, 0.1) is 0 Å². The Hall–Kier alpha value is -2.34. The number of methoxy groups -OCH3 is 1. The number of phenolic OH excluding ortho intramolecular Hbond substituents is 1. The van der Waals surface area contributed by atoms with E-state index in [4.69, 9.17) is 9.72 Å². The van der Waals surface area contributed by atoms with E-state index in [1.807, 2.05) is 0 Å². The molecule has 1 aliphatic rings. The fourth-order valence-corrected chi connectivity index (χ4v) is 4.74. The quantitative estimate of drug-likeness (QED) is 0.727. The molecule has 0 unspecified atom stereocenters. The monoisotopic (exact) mass is 356 g/mol. The van der Waals surface area contributed by atoms with E-state index in [0.717, 1.165) is 35.0 Å². The fraction of sp³-hybridized carbons (Fsp3) is 0.368. The van der Waals surface area contributed by atoms with Gasteiger partial charge in [0.1, 0.15) is 10.7 Å². The predicted molar refractivity (Wildman–Crippen MR) is 99.8 cm³/mol. The lowest BCUT2D eigenvalue weighted by Crippen LogP contribution is -2.10. The van der Waals surface area contributed by atoms with Gasteiger partial charge in [0, 0.05) is 10.4 Å². The number of aromatic hydroxyl groups is 1. The first-order valence-electron chi connectivity index (χ1n) is 8.59. The number of rotatable bonds is 2. The maximum absolute atomic E-state index is 12.8. The Labute approximate surface area is 149 Å². The summed E-state index contributed by atoms with van der Waals surface area (Å²) in [5.41, 5.74) is 1.84. The number of hydrogen-bond donors (Lipinski definition) is 2. The largest absolute Gasteiger partial charge is 0.504 e. The number of hydrogen-bond acceptors (Lipinski definition) is 5. The van der Waals surface area contributed by atoms with Crippen LogP contribution in [0.15, 0.2) is 23.0 Å². The summed E-state index contributed by atoms with van der Waals surface area (Å²) in [7, 11) is 1.50. The molecule has 0 fully saturated rings. The van der Waals surface area contributed by atoms with E-state index in [9.17, 15) is 9.90 Å². The van der Waals surface area contributed by atoms with E-state index in [0.29, 0.717) is 11.6 Å². The van der Waals surface area contributed by atoms with Crippen LogP contribution in [0.2, 0.25) is 0 Å². The number of thiophene rings is 1. The van der Waals surface area contributed by atoms with Crippen molar-refractivity contribution < 1.29 is 9.84 Å². The average molecular weight is 356 g/mol. The van der Waals surface area contributed by atoms with E-state index >= 15 is 0 Å². The van der Waals surface area contributed by atoms with E-state index in [1.165, 1.54) is 36.8 Å². The van der Waals surface area contributed by atoms with Crippen molar-refractivity contribution in [3.8, 4) is 22.9 Å². The standard InChI is InChI=1S/C19H20N2O3S/c1-24-14-10-11(8-9-13(14)22)17-20-18(23)16-12-6-4-2-3-5-7-15(12)25-19(16)21-17/h8-10,22H,2-7H2,1H3,(H,20,21,23). The molecule has 1 aliphatic carbocycles. The molecule has 1 aromatic carbocycles. The van der Waals surface area contributed by atoms with Crippen molar-refractivity contribution in [3.05, 3.63) is 39.0 Å². The molecule has 130 valence electrons. The van der Waals surface area contributed by atoms with Crippen molar-refractivity contribution in [2.45, 2.75) is 38.5 Å². The lowest BCUT2D eigenvalue weighted by Gasteiger charge is -2.09. The minimum Gasteiger partial charge on any atom is -0.504 e. The van der Waals surface area contributed by atoms with Gasteiger partial charge in [-0.2, -0.15) is 0 Å². The third-order valence-electron chi connectivity index (χ3n) is 4.78. The maximum Gasteiger partial charge on any atom is 0.260 e. The Morgan fingerprint density at radius 2 is 2.00 bits per heavy atom. The summed E-state index contributed by atoms with van der Waals surface area (Å²) in [6.45, 7) is 0. The van der Waals surface area contributed by atoms with E-state index in [1.54, 1.807) is 29.5 Å². The molecule has 25 heavy (non-hydrogen) atoms. The molecule has 2 heterocycles. The summed E-state index contributed by atoms with van der Waals surface area (Å²) in [4.78, 5) is 22.5. The minimum atomic E-state index is -0.0786. The van der Waals surface area contributed by atoms with Gasteiger partial charge in [0.25, 0.3) is 5.56 Å². The number of benzene rings is 1. The van der Waals surface area contributed by atoms with E-state index in [-0.39, 0.29) is 11.3 Å². The van der Waals surface area contributed by atoms with Crippen LogP contribution in [0.5, 0.6) is 11.5 Å². The minimum absolute atomic E-state index is 0.0637. The van der Waals surface area contributed by atoms with Crippen LogP contribution in [0.25, 0.3) is 21.6 Å². The molecular weight excluding hydrogens is 336 g/mol. The van der Waals surface area contributed by atoms with Crippen LogP contribution < -0.4 is 10.3 Å². The number of ether oxygens (including phenoxy) is 1. The summed E-state index contributed by atoms with van der Waals surface area (Å²) in [6, 6.07) is 4.96. The van der Waals surface area contributed by atoms with Gasteiger partial charge in [-0.15, -0.1) is 11.3 Å². The number of aryl methyl sites for hydroxylation is 2. The zero-order valence-electron chi connectivity index (χ0n) is 14.1. The van der Waals surface area contributed by atoms with Gasteiger partial charge in [0.05, 0.1) is 12.5 Å². The topological polar surface area (TPSA) is 75.2 Å². The zero-order chi connectivity index (χ0) is 17.4. The molecule has 0 amide bonds. The SMILES string of the molecule is COc1cc(-c2nc3sc4c(c3c(=O)[nH]2)CCCCCC4)ccc1O. The highest BCUT2D eigenvalue weighted by Crippen LogP contribution is 2.34. The molecule has 0 aliphatic heterocycles. The number of nitrogens with one attached hydrogen (secondary N) is 1. The van der Waals surface area contributed by atoms with E-state index < -0.39 is 0 Å². The third-order valence-corrected chi connectivity index (χ3v) is 5.96. The first-order chi connectivity index (χ1) is 12.2. The first kappa shape index (κ1) is 16.1. The van der Waals surface area contributed by atoms with Crippen molar-refractivity contribution in [1.29, 1.82) is 0 Å².